The van der Waals surface area contributed by atoms with Gasteiger partial charge in [0, 0.05) is 5.69 Å². The molecule has 4 heteroatoms. The molecule has 0 aliphatic heterocycles. The number of nitrogens with one attached hydrogen (secondary N) is 1. The van der Waals surface area contributed by atoms with E-state index < -0.39 is 11.9 Å². The lowest BCUT2D eigenvalue weighted by Gasteiger charge is -2.17. The maximum absolute atomic E-state index is 11.9. The van der Waals surface area contributed by atoms with Gasteiger partial charge in [-0.15, -0.1) is 0 Å². The maximum atomic E-state index is 11.9. The van der Waals surface area contributed by atoms with Crippen LogP contribution >= 0.6 is 0 Å². The zero-order valence-corrected chi connectivity index (χ0v) is 10.3. The Morgan fingerprint density at radius 1 is 1.18 bits per heavy atom. The minimum absolute atomic E-state index is 0.105. The molecule has 17 heavy (non-hydrogen) atoms. The van der Waals surface area contributed by atoms with Gasteiger partial charge >= 0.3 is 5.97 Å². The summed E-state index contributed by atoms with van der Waals surface area (Å²) in [7, 11) is 1.29. The molecule has 0 aliphatic rings. The van der Waals surface area contributed by atoms with Crippen molar-refractivity contribution >= 4 is 17.6 Å². The second kappa shape index (κ2) is 6.03. The lowest BCUT2D eigenvalue weighted by molar-refractivity contribution is -0.150. The van der Waals surface area contributed by atoms with Crippen LogP contribution < -0.4 is 5.32 Å². The third-order valence-electron chi connectivity index (χ3n) is 2.45. The summed E-state index contributed by atoms with van der Waals surface area (Å²) >= 11 is 0. The van der Waals surface area contributed by atoms with E-state index in [1.807, 2.05) is 32.0 Å². The van der Waals surface area contributed by atoms with Crippen molar-refractivity contribution in [3.05, 3.63) is 30.3 Å². The van der Waals surface area contributed by atoms with Crippen molar-refractivity contribution < 1.29 is 14.3 Å². The van der Waals surface area contributed by atoms with Crippen LogP contribution in [0.15, 0.2) is 30.3 Å². The highest BCUT2D eigenvalue weighted by atomic mass is 16.5. The van der Waals surface area contributed by atoms with E-state index in [0.29, 0.717) is 5.69 Å². The van der Waals surface area contributed by atoms with Crippen LogP contribution in [0.5, 0.6) is 0 Å². The van der Waals surface area contributed by atoms with Crippen molar-refractivity contribution in [3.63, 3.8) is 0 Å². The molecule has 92 valence electrons. The van der Waals surface area contributed by atoms with Crippen LogP contribution in [0.3, 0.4) is 0 Å². The molecule has 0 aliphatic carbocycles. The third-order valence-corrected chi connectivity index (χ3v) is 2.45. The molecule has 1 atom stereocenters. The van der Waals surface area contributed by atoms with Crippen LogP contribution in [0.2, 0.25) is 0 Å². The Kier molecular flexibility index (Phi) is 4.69. The monoisotopic (exact) mass is 235 g/mol. The number of rotatable bonds is 4. The molecule has 0 saturated carbocycles. The van der Waals surface area contributed by atoms with Crippen LogP contribution in [-0.2, 0) is 14.3 Å². The van der Waals surface area contributed by atoms with Crippen molar-refractivity contribution in [2.75, 3.05) is 12.4 Å². The van der Waals surface area contributed by atoms with Gasteiger partial charge in [-0.25, -0.2) is 0 Å². The second-order valence-electron chi connectivity index (χ2n) is 4.10. The molecule has 0 spiro atoms. The summed E-state index contributed by atoms with van der Waals surface area (Å²) in [6, 6.07) is 9.03. The number of esters is 1. The average molecular weight is 235 g/mol. The fourth-order valence-corrected chi connectivity index (χ4v) is 1.55. The second-order valence-corrected chi connectivity index (χ2v) is 4.10. The number of hydrogen-bond donors (Lipinski definition) is 1. The van der Waals surface area contributed by atoms with E-state index in [0.717, 1.165) is 0 Å². The summed E-state index contributed by atoms with van der Waals surface area (Å²) in [5, 5.41) is 2.70. The standard InChI is InChI=1S/C13H17NO3/c1-9(2)11(13(16)17-3)12(15)14-10-7-5-4-6-8-10/h4-9,11H,1-3H3,(H,14,15). The first kappa shape index (κ1) is 13.2. The van der Waals surface area contributed by atoms with E-state index in [1.54, 1.807) is 12.1 Å². The summed E-state index contributed by atoms with van der Waals surface area (Å²) in [5.74, 6) is -1.72. The molecule has 4 nitrogen and oxygen atoms in total. The highest BCUT2D eigenvalue weighted by Crippen LogP contribution is 2.16. The Bertz CT molecular complexity index is 387. The number of carbonyl (C=O) groups excluding carboxylic acids is 2. The third kappa shape index (κ3) is 3.59. The average Bonchev–Trinajstić information content (AvgIpc) is 2.29. The van der Waals surface area contributed by atoms with E-state index in [9.17, 15) is 9.59 Å². The normalized spacial score (nSPS) is 12.0. The molecule has 0 bridgehead atoms. The molecule has 1 N–H and O–H groups in total. The SMILES string of the molecule is COC(=O)C(C(=O)Nc1ccccc1)C(C)C. The Morgan fingerprint density at radius 3 is 2.24 bits per heavy atom. The molecule has 1 rings (SSSR count). The lowest BCUT2D eigenvalue weighted by Crippen LogP contribution is -2.34. The van der Waals surface area contributed by atoms with Crippen molar-refractivity contribution in [1.82, 2.24) is 0 Å². The number of amides is 1. The van der Waals surface area contributed by atoms with Gasteiger partial charge in [0.15, 0.2) is 0 Å². The highest BCUT2D eigenvalue weighted by Gasteiger charge is 2.30. The van der Waals surface area contributed by atoms with Gasteiger partial charge < -0.3 is 10.1 Å². The Morgan fingerprint density at radius 2 is 1.76 bits per heavy atom. The van der Waals surface area contributed by atoms with Crippen molar-refractivity contribution in [2.24, 2.45) is 11.8 Å². The van der Waals surface area contributed by atoms with Gasteiger partial charge in [-0.3, -0.25) is 9.59 Å². The van der Waals surface area contributed by atoms with Gasteiger partial charge in [0.1, 0.15) is 5.92 Å². The smallest absolute Gasteiger partial charge is 0.318 e. The first-order chi connectivity index (χ1) is 8.06. The van der Waals surface area contributed by atoms with E-state index in [4.69, 9.17) is 0 Å². The fourth-order valence-electron chi connectivity index (χ4n) is 1.55. The van der Waals surface area contributed by atoms with Crippen LogP contribution in [0.25, 0.3) is 0 Å². The summed E-state index contributed by atoms with van der Waals surface area (Å²) in [5.41, 5.74) is 0.673. The Labute approximate surface area is 101 Å². The van der Waals surface area contributed by atoms with Crippen molar-refractivity contribution in [3.8, 4) is 0 Å². The molecular weight excluding hydrogens is 218 g/mol. The zero-order chi connectivity index (χ0) is 12.8. The first-order valence-electron chi connectivity index (χ1n) is 5.50. The predicted octanol–water partition coefficient (Wildman–Crippen LogP) is 2.07. The quantitative estimate of drug-likeness (QED) is 0.642. The minimum Gasteiger partial charge on any atom is -0.468 e. The minimum atomic E-state index is -0.778. The number of anilines is 1. The van der Waals surface area contributed by atoms with Crippen LogP contribution in [0, 0.1) is 11.8 Å². The summed E-state index contributed by atoms with van der Waals surface area (Å²) in [6.07, 6.45) is 0. The number of para-hydroxylation sites is 1. The number of benzene rings is 1. The van der Waals surface area contributed by atoms with Gasteiger partial charge in [0.05, 0.1) is 7.11 Å². The molecule has 0 saturated heterocycles. The topological polar surface area (TPSA) is 55.4 Å². The Hall–Kier alpha value is -1.84. The summed E-state index contributed by atoms with van der Waals surface area (Å²) < 4.78 is 4.63. The number of carbonyl (C=O) groups is 2. The first-order valence-corrected chi connectivity index (χ1v) is 5.50. The van der Waals surface area contributed by atoms with Gasteiger partial charge in [0.25, 0.3) is 0 Å². The molecular formula is C13H17NO3. The molecule has 1 aromatic rings. The van der Waals surface area contributed by atoms with Gasteiger partial charge in [-0.2, -0.15) is 0 Å². The number of hydrogen-bond acceptors (Lipinski definition) is 3. The van der Waals surface area contributed by atoms with Gasteiger partial charge in [-0.05, 0) is 18.1 Å². The molecule has 0 radical (unpaired) electrons. The van der Waals surface area contributed by atoms with Crippen LogP contribution in [-0.4, -0.2) is 19.0 Å². The van der Waals surface area contributed by atoms with Crippen molar-refractivity contribution in [1.29, 1.82) is 0 Å². The van der Waals surface area contributed by atoms with Crippen LogP contribution in [0.4, 0.5) is 5.69 Å². The number of ether oxygens (including phenoxy) is 1. The maximum Gasteiger partial charge on any atom is 0.318 e. The largest absolute Gasteiger partial charge is 0.468 e. The summed E-state index contributed by atoms with van der Waals surface area (Å²) in [6.45, 7) is 3.62. The lowest BCUT2D eigenvalue weighted by atomic mass is 9.95. The van der Waals surface area contributed by atoms with E-state index >= 15 is 0 Å². The molecule has 0 heterocycles. The molecule has 1 aromatic carbocycles. The Balaban J connectivity index is 2.76. The zero-order valence-electron chi connectivity index (χ0n) is 10.3. The molecule has 1 unspecified atom stereocenters. The predicted molar refractivity (Wildman–Crippen MR) is 65.4 cm³/mol. The van der Waals surface area contributed by atoms with E-state index in [2.05, 4.69) is 10.1 Å². The van der Waals surface area contributed by atoms with Gasteiger partial charge in [-0.1, -0.05) is 32.0 Å². The highest BCUT2D eigenvalue weighted by molar-refractivity contribution is 6.04. The molecule has 0 aromatic heterocycles. The molecule has 1 amide bonds. The van der Waals surface area contributed by atoms with E-state index in [1.165, 1.54) is 7.11 Å². The van der Waals surface area contributed by atoms with Crippen LogP contribution in [0.1, 0.15) is 13.8 Å². The fraction of sp³-hybridized carbons (Fsp3) is 0.385. The number of methoxy groups -OCH3 is 1. The van der Waals surface area contributed by atoms with Crippen molar-refractivity contribution in [2.45, 2.75) is 13.8 Å². The van der Waals surface area contributed by atoms with Gasteiger partial charge in [0.2, 0.25) is 5.91 Å². The summed E-state index contributed by atoms with van der Waals surface area (Å²) in [4.78, 5) is 23.4. The molecule has 0 fully saturated rings. The van der Waals surface area contributed by atoms with E-state index in [-0.39, 0.29) is 11.8 Å².